The Morgan fingerprint density at radius 2 is 0.471 bits per heavy atom. The van der Waals surface area contributed by atoms with Gasteiger partial charge < -0.3 is 14.2 Å². The van der Waals surface area contributed by atoms with E-state index in [9.17, 15) is 14.4 Å². The van der Waals surface area contributed by atoms with Crippen LogP contribution in [0.1, 0.15) is 348 Å². The van der Waals surface area contributed by atoms with Gasteiger partial charge in [-0.25, -0.2) is 0 Å². The fourth-order valence-electron chi connectivity index (χ4n) is 9.44. The van der Waals surface area contributed by atoms with E-state index in [0.717, 1.165) is 64.2 Å². The average molecular weight is 986 g/mol. The van der Waals surface area contributed by atoms with E-state index in [-0.39, 0.29) is 31.1 Å². The second kappa shape index (κ2) is 59.5. The van der Waals surface area contributed by atoms with E-state index < -0.39 is 6.10 Å². The Hall–Kier alpha value is -2.11. The van der Waals surface area contributed by atoms with Gasteiger partial charge in [-0.15, -0.1) is 0 Å². The Morgan fingerprint density at radius 1 is 0.271 bits per heavy atom. The van der Waals surface area contributed by atoms with Gasteiger partial charge in [-0.2, -0.15) is 0 Å². The molecule has 1 atom stereocenters. The molecule has 0 bridgehead atoms. The summed E-state index contributed by atoms with van der Waals surface area (Å²) < 4.78 is 16.7. The number of hydrogen-bond donors (Lipinski definition) is 0. The normalized spacial score (nSPS) is 12.1. The van der Waals surface area contributed by atoms with Gasteiger partial charge in [-0.05, 0) is 70.6 Å². The lowest BCUT2D eigenvalue weighted by Crippen LogP contribution is -2.30. The number of unbranched alkanes of at least 4 members (excludes halogenated alkanes) is 43. The molecule has 0 aliphatic heterocycles. The predicted molar refractivity (Wildman–Crippen MR) is 303 cm³/mol. The summed E-state index contributed by atoms with van der Waals surface area (Å²) in [5.74, 6) is -0.871. The van der Waals surface area contributed by atoms with Gasteiger partial charge in [0.15, 0.2) is 6.10 Å². The van der Waals surface area contributed by atoms with Crippen LogP contribution in [0.15, 0.2) is 24.3 Å². The van der Waals surface area contributed by atoms with E-state index in [1.807, 2.05) is 0 Å². The number of hydrogen-bond acceptors (Lipinski definition) is 6. The summed E-state index contributed by atoms with van der Waals surface area (Å²) in [4.78, 5) is 37.8. The first-order valence-corrected chi connectivity index (χ1v) is 31.3. The third kappa shape index (κ3) is 56.8. The zero-order chi connectivity index (χ0) is 50.7. The lowest BCUT2D eigenvalue weighted by atomic mass is 10.0. The minimum Gasteiger partial charge on any atom is -0.462 e. The van der Waals surface area contributed by atoms with Crippen molar-refractivity contribution in [3.63, 3.8) is 0 Å². The fraction of sp³-hybridized carbons (Fsp3) is 0.891. The summed E-state index contributed by atoms with van der Waals surface area (Å²) in [6, 6.07) is 0. The Morgan fingerprint density at radius 3 is 0.729 bits per heavy atom. The second-order valence-corrected chi connectivity index (χ2v) is 21.3. The molecule has 0 saturated carbocycles. The van der Waals surface area contributed by atoms with Crippen LogP contribution >= 0.6 is 0 Å². The van der Waals surface area contributed by atoms with Gasteiger partial charge >= 0.3 is 17.9 Å². The van der Waals surface area contributed by atoms with E-state index in [1.54, 1.807) is 0 Å². The molecule has 70 heavy (non-hydrogen) atoms. The largest absolute Gasteiger partial charge is 0.462 e. The molecule has 0 aromatic rings. The zero-order valence-corrected chi connectivity index (χ0v) is 47.3. The highest BCUT2D eigenvalue weighted by Gasteiger charge is 2.19. The molecule has 0 rings (SSSR count). The van der Waals surface area contributed by atoms with Crippen molar-refractivity contribution in [2.24, 2.45) is 0 Å². The molecule has 0 heterocycles. The van der Waals surface area contributed by atoms with Crippen LogP contribution in [0.5, 0.6) is 0 Å². The summed E-state index contributed by atoms with van der Waals surface area (Å²) in [5, 5.41) is 0. The number of carbonyl (C=O) groups excluding carboxylic acids is 3. The van der Waals surface area contributed by atoms with Gasteiger partial charge in [-0.3, -0.25) is 14.4 Å². The van der Waals surface area contributed by atoms with Gasteiger partial charge in [-0.1, -0.05) is 283 Å². The maximum atomic E-state index is 12.8. The number of ether oxygens (including phenoxy) is 3. The van der Waals surface area contributed by atoms with Crippen LogP contribution in [0.3, 0.4) is 0 Å². The van der Waals surface area contributed by atoms with Crippen molar-refractivity contribution in [3.05, 3.63) is 24.3 Å². The van der Waals surface area contributed by atoms with E-state index in [4.69, 9.17) is 14.2 Å². The Bertz CT molecular complexity index is 1130. The summed E-state index contributed by atoms with van der Waals surface area (Å²) in [5.41, 5.74) is 0. The highest BCUT2D eigenvalue weighted by Crippen LogP contribution is 2.17. The van der Waals surface area contributed by atoms with Crippen LogP contribution < -0.4 is 0 Å². The Balaban J connectivity index is 3.88. The molecular formula is C64H120O6. The third-order valence-corrected chi connectivity index (χ3v) is 14.2. The fourth-order valence-corrected chi connectivity index (χ4v) is 9.44. The maximum Gasteiger partial charge on any atom is 0.306 e. The molecule has 0 aromatic carbocycles. The molecule has 0 fully saturated rings. The number of rotatable bonds is 58. The first-order valence-electron chi connectivity index (χ1n) is 31.3. The lowest BCUT2D eigenvalue weighted by molar-refractivity contribution is -0.167. The van der Waals surface area contributed by atoms with Crippen molar-refractivity contribution < 1.29 is 28.6 Å². The molecular weight excluding hydrogens is 865 g/mol. The van der Waals surface area contributed by atoms with Crippen molar-refractivity contribution >= 4 is 17.9 Å². The van der Waals surface area contributed by atoms with Crippen molar-refractivity contribution in [2.75, 3.05) is 13.2 Å². The molecule has 0 saturated heterocycles. The summed E-state index contributed by atoms with van der Waals surface area (Å²) in [6.45, 7) is 6.60. The molecule has 6 heteroatoms. The number of allylic oxidation sites excluding steroid dienone is 4. The zero-order valence-electron chi connectivity index (χ0n) is 47.3. The molecule has 0 aliphatic rings. The van der Waals surface area contributed by atoms with Crippen LogP contribution in [0.25, 0.3) is 0 Å². The van der Waals surface area contributed by atoms with Gasteiger partial charge in [0.2, 0.25) is 0 Å². The Kier molecular flexibility index (Phi) is 57.7. The molecule has 0 amide bonds. The van der Waals surface area contributed by atoms with E-state index >= 15 is 0 Å². The van der Waals surface area contributed by atoms with Crippen LogP contribution in [-0.2, 0) is 28.6 Å². The van der Waals surface area contributed by atoms with Crippen LogP contribution in [-0.4, -0.2) is 37.2 Å². The quantitative estimate of drug-likeness (QED) is 0.0261. The summed E-state index contributed by atoms with van der Waals surface area (Å²) >= 11 is 0. The monoisotopic (exact) mass is 985 g/mol. The summed E-state index contributed by atoms with van der Waals surface area (Å²) in [6.07, 6.45) is 71.0. The number of carbonyl (C=O) groups is 3. The van der Waals surface area contributed by atoms with E-state index in [2.05, 4.69) is 45.1 Å². The number of esters is 3. The SMILES string of the molecule is CCCCCC/C=C\CCCCCCCC(=O)OC(COC(=O)CCCCCCCC)COC(=O)CCCCCCCCCCCCCCCCCCCCCCC/C=C\CCCCCCCCCC. The van der Waals surface area contributed by atoms with Crippen molar-refractivity contribution in [1.82, 2.24) is 0 Å². The lowest BCUT2D eigenvalue weighted by Gasteiger charge is -2.18. The summed E-state index contributed by atoms with van der Waals surface area (Å²) in [7, 11) is 0. The molecule has 6 nitrogen and oxygen atoms in total. The van der Waals surface area contributed by atoms with Crippen molar-refractivity contribution in [2.45, 2.75) is 354 Å². The van der Waals surface area contributed by atoms with Crippen molar-refractivity contribution in [3.8, 4) is 0 Å². The van der Waals surface area contributed by atoms with Gasteiger partial charge in [0, 0.05) is 19.3 Å². The standard InChI is InChI=1S/C64H120O6/c1-4-7-10-13-16-18-20-22-23-24-25-26-27-28-29-30-31-32-33-34-35-36-37-38-39-40-41-43-44-46-48-51-54-57-63(66)69-60-61(59-68-62(65)56-53-50-15-12-9-6-3)70-64(67)58-55-52-49-47-45-42-21-19-17-14-11-8-5-2/h19,21,24-25,61H,4-18,20,22-23,26-60H2,1-3H3/b21-19-,25-24-. The predicted octanol–water partition coefficient (Wildman–Crippen LogP) is 21.1. The molecule has 0 aliphatic carbocycles. The maximum absolute atomic E-state index is 12.8. The second-order valence-electron chi connectivity index (χ2n) is 21.3. The highest BCUT2D eigenvalue weighted by atomic mass is 16.6. The molecule has 1 unspecified atom stereocenters. The van der Waals surface area contributed by atoms with Crippen LogP contribution in [0, 0.1) is 0 Å². The smallest absolute Gasteiger partial charge is 0.306 e. The topological polar surface area (TPSA) is 78.9 Å². The average Bonchev–Trinajstić information content (AvgIpc) is 3.36. The van der Waals surface area contributed by atoms with Gasteiger partial charge in [0.25, 0.3) is 0 Å². The highest BCUT2D eigenvalue weighted by molar-refractivity contribution is 5.71. The van der Waals surface area contributed by atoms with E-state index in [1.165, 1.54) is 244 Å². The first-order chi connectivity index (χ1) is 34.5. The third-order valence-electron chi connectivity index (χ3n) is 14.2. The van der Waals surface area contributed by atoms with Gasteiger partial charge in [0.1, 0.15) is 13.2 Å². The van der Waals surface area contributed by atoms with Crippen LogP contribution in [0.2, 0.25) is 0 Å². The molecule has 0 aromatic heterocycles. The Labute approximate surface area is 436 Å². The minimum atomic E-state index is -0.768. The first kappa shape index (κ1) is 67.9. The molecule has 0 spiro atoms. The van der Waals surface area contributed by atoms with Crippen LogP contribution in [0.4, 0.5) is 0 Å². The molecule has 412 valence electrons. The van der Waals surface area contributed by atoms with Gasteiger partial charge in [0.05, 0.1) is 0 Å². The van der Waals surface area contributed by atoms with Crippen molar-refractivity contribution in [1.29, 1.82) is 0 Å². The molecule has 0 N–H and O–H groups in total. The minimum absolute atomic E-state index is 0.0701. The van der Waals surface area contributed by atoms with E-state index in [0.29, 0.717) is 19.3 Å². The molecule has 0 radical (unpaired) electrons.